The first-order valence-electron chi connectivity index (χ1n) is 5.75. The summed E-state index contributed by atoms with van der Waals surface area (Å²) in [5.41, 5.74) is 6.51. The molecule has 0 aliphatic heterocycles. The van der Waals surface area contributed by atoms with Gasteiger partial charge in [-0.2, -0.15) is 5.10 Å². The zero-order chi connectivity index (χ0) is 13.1. The van der Waals surface area contributed by atoms with Crippen LogP contribution in [0.4, 0.5) is 5.69 Å². The SMILES string of the molecule is CCn1ncc(N)c1C(=O)NC(C)c1ncc[nH]1. The molecule has 2 heterocycles. The Morgan fingerprint density at radius 1 is 1.67 bits per heavy atom. The highest BCUT2D eigenvalue weighted by Crippen LogP contribution is 2.13. The molecule has 0 aliphatic carbocycles. The number of rotatable bonds is 4. The number of amides is 1. The summed E-state index contributed by atoms with van der Waals surface area (Å²) in [5, 5.41) is 6.86. The van der Waals surface area contributed by atoms with Gasteiger partial charge in [-0.3, -0.25) is 9.48 Å². The van der Waals surface area contributed by atoms with Gasteiger partial charge in [0.2, 0.25) is 0 Å². The van der Waals surface area contributed by atoms with Gasteiger partial charge in [0.1, 0.15) is 11.5 Å². The number of aromatic amines is 1. The molecule has 2 rings (SSSR count). The Balaban J connectivity index is 2.15. The molecule has 0 saturated carbocycles. The first-order valence-corrected chi connectivity index (χ1v) is 5.75. The first-order chi connectivity index (χ1) is 8.63. The zero-order valence-corrected chi connectivity index (χ0v) is 10.3. The van der Waals surface area contributed by atoms with Crippen LogP contribution in [0.5, 0.6) is 0 Å². The Morgan fingerprint density at radius 2 is 2.44 bits per heavy atom. The fourth-order valence-electron chi connectivity index (χ4n) is 1.74. The molecule has 0 saturated heterocycles. The van der Waals surface area contributed by atoms with E-state index < -0.39 is 0 Å². The molecule has 4 N–H and O–H groups in total. The van der Waals surface area contributed by atoms with E-state index in [1.807, 2.05) is 13.8 Å². The second-order valence-electron chi connectivity index (χ2n) is 3.93. The number of nitrogens with zero attached hydrogens (tertiary/aromatic N) is 3. The lowest BCUT2D eigenvalue weighted by Gasteiger charge is -2.12. The van der Waals surface area contributed by atoms with E-state index in [1.165, 1.54) is 6.20 Å². The Hall–Kier alpha value is -2.31. The molecule has 7 nitrogen and oxygen atoms in total. The predicted octanol–water partition coefficient (Wildman–Crippen LogP) is 0.699. The van der Waals surface area contributed by atoms with Gasteiger partial charge in [0.05, 0.1) is 17.9 Å². The van der Waals surface area contributed by atoms with Crippen molar-refractivity contribution in [2.24, 2.45) is 0 Å². The van der Waals surface area contributed by atoms with E-state index in [9.17, 15) is 4.79 Å². The van der Waals surface area contributed by atoms with Gasteiger partial charge in [-0.25, -0.2) is 4.98 Å². The van der Waals surface area contributed by atoms with E-state index in [0.717, 1.165) is 0 Å². The third kappa shape index (κ3) is 2.20. The Morgan fingerprint density at radius 3 is 3.06 bits per heavy atom. The quantitative estimate of drug-likeness (QED) is 0.741. The highest BCUT2D eigenvalue weighted by molar-refractivity contribution is 5.97. The fourth-order valence-corrected chi connectivity index (χ4v) is 1.74. The molecule has 7 heteroatoms. The number of H-pyrrole nitrogens is 1. The highest BCUT2D eigenvalue weighted by atomic mass is 16.2. The third-order valence-electron chi connectivity index (χ3n) is 2.66. The lowest BCUT2D eigenvalue weighted by atomic mass is 10.2. The van der Waals surface area contributed by atoms with Crippen molar-refractivity contribution in [2.75, 3.05) is 5.73 Å². The van der Waals surface area contributed by atoms with Crippen LogP contribution in [0, 0.1) is 0 Å². The van der Waals surface area contributed by atoms with Crippen molar-refractivity contribution in [3.8, 4) is 0 Å². The summed E-state index contributed by atoms with van der Waals surface area (Å²) >= 11 is 0. The summed E-state index contributed by atoms with van der Waals surface area (Å²) in [6, 6.07) is -0.216. The average Bonchev–Trinajstić information content (AvgIpc) is 2.97. The van der Waals surface area contributed by atoms with Crippen molar-refractivity contribution in [1.29, 1.82) is 0 Å². The van der Waals surface area contributed by atoms with E-state index in [-0.39, 0.29) is 11.9 Å². The van der Waals surface area contributed by atoms with Crippen molar-refractivity contribution in [2.45, 2.75) is 26.4 Å². The van der Waals surface area contributed by atoms with Crippen molar-refractivity contribution in [1.82, 2.24) is 25.1 Å². The second-order valence-corrected chi connectivity index (χ2v) is 3.93. The summed E-state index contributed by atoms with van der Waals surface area (Å²) in [6.07, 6.45) is 4.83. The van der Waals surface area contributed by atoms with Gasteiger partial charge in [-0.05, 0) is 13.8 Å². The summed E-state index contributed by atoms with van der Waals surface area (Å²) in [7, 11) is 0. The molecule has 96 valence electrons. The lowest BCUT2D eigenvalue weighted by molar-refractivity contribution is 0.0928. The van der Waals surface area contributed by atoms with Crippen LogP contribution in [0.3, 0.4) is 0 Å². The number of aromatic nitrogens is 4. The molecule has 18 heavy (non-hydrogen) atoms. The number of anilines is 1. The second kappa shape index (κ2) is 4.91. The van der Waals surface area contributed by atoms with E-state index in [1.54, 1.807) is 17.1 Å². The van der Waals surface area contributed by atoms with Crippen LogP contribution < -0.4 is 11.1 Å². The molecule has 2 aromatic heterocycles. The maximum atomic E-state index is 12.1. The van der Waals surface area contributed by atoms with Gasteiger partial charge < -0.3 is 16.0 Å². The van der Waals surface area contributed by atoms with Crippen LogP contribution in [0.2, 0.25) is 0 Å². The number of carbonyl (C=O) groups excluding carboxylic acids is 1. The summed E-state index contributed by atoms with van der Waals surface area (Å²) in [6.45, 7) is 4.34. The van der Waals surface area contributed by atoms with Crippen molar-refractivity contribution in [3.63, 3.8) is 0 Å². The normalized spacial score (nSPS) is 12.3. The third-order valence-corrected chi connectivity index (χ3v) is 2.66. The predicted molar refractivity (Wildman–Crippen MR) is 66.8 cm³/mol. The van der Waals surface area contributed by atoms with Gasteiger partial charge in [0, 0.05) is 18.9 Å². The lowest BCUT2D eigenvalue weighted by Crippen LogP contribution is -2.30. The summed E-state index contributed by atoms with van der Waals surface area (Å²) in [4.78, 5) is 19.2. The molecule has 2 aromatic rings. The Bertz CT molecular complexity index is 530. The standard InChI is InChI=1S/C11H16N6O/c1-3-17-9(8(12)6-15-17)11(18)16-7(2)10-13-4-5-14-10/h4-7H,3,12H2,1-2H3,(H,13,14)(H,16,18). The monoisotopic (exact) mass is 248 g/mol. The number of hydrogen-bond donors (Lipinski definition) is 3. The van der Waals surface area contributed by atoms with Gasteiger partial charge in [-0.15, -0.1) is 0 Å². The molecule has 0 radical (unpaired) electrons. The van der Waals surface area contributed by atoms with Crippen LogP contribution in [0.1, 0.15) is 36.2 Å². The largest absolute Gasteiger partial charge is 0.396 e. The number of nitrogens with two attached hydrogens (primary N) is 1. The summed E-state index contributed by atoms with van der Waals surface area (Å²) < 4.78 is 1.57. The van der Waals surface area contributed by atoms with Crippen molar-refractivity contribution < 1.29 is 4.79 Å². The van der Waals surface area contributed by atoms with Crippen LogP contribution in [-0.4, -0.2) is 25.7 Å². The van der Waals surface area contributed by atoms with Crippen molar-refractivity contribution >= 4 is 11.6 Å². The van der Waals surface area contributed by atoms with Gasteiger partial charge in [0.25, 0.3) is 5.91 Å². The maximum Gasteiger partial charge on any atom is 0.272 e. The van der Waals surface area contributed by atoms with Crippen molar-refractivity contribution in [3.05, 3.63) is 30.1 Å². The van der Waals surface area contributed by atoms with E-state index in [0.29, 0.717) is 23.8 Å². The first kappa shape index (κ1) is 12.2. The summed E-state index contributed by atoms with van der Waals surface area (Å²) in [5.74, 6) is 0.445. The minimum Gasteiger partial charge on any atom is -0.396 e. The molecule has 0 aromatic carbocycles. The number of carbonyl (C=O) groups is 1. The molecule has 0 fully saturated rings. The fraction of sp³-hybridized carbons (Fsp3) is 0.364. The van der Waals surface area contributed by atoms with E-state index in [4.69, 9.17) is 5.73 Å². The van der Waals surface area contributed by atoms with E-state index in [2.05, 4.69) is 20.4 Å². The molecule has 1 atom stereocenters. The smallest absolute Gasteiger partial charge is 0.272 e. The van der Waals surface area contributed by atoms with E-state index >= 15 is 0 Å². The topological polar surface area (TPSA) is 102 Å². The zero-order valence-electron chi connectivity index (χ0n) is 10.3. The van der Waals surface area contributed by atoms with Gasteiger partial charge >= 0.3 is 0 Å². The number of nitrogen functional groups attached to an aromatic ring is 1. The Kier molecular flexibility index (Phi) is 3.31. The molecular weight excluding hydrogens is 232 g/mol. The van der Waals surface area contributed by atoms with Crippen LogP contribution in [0.25, 0.3) is 0 Å². The molecule has 1 unspecified atom stereocenters. The number of aryl methyl sites for hydroxylation is 1. The number of nitrogens with one attached hydrogen (secondary N) is 2. The van der Waals surface area contributed by atoms with Crippen LogP contribution in [-0.2, 0) is 6.54 Å². The number of hydrogen-bond acceptors (Lipinski definition) is 4. The molecule has 0 bridgehead atoms. The highest BCUT2D eigenvalue weighted by Gasteiger charge is 2.19. The van der Waals surface area contributed by atoms with Gasteiger partial charge in [-0.1, -0.05) is 0 Å². The minimum absolute atomic E-state index is 0.216. The van der Waals surface area contributed by atoms with Crippen LogP contribution in [0.15, 0.2) is 18.6 Å². The Labute approximate surface area is 104 Å². The molecule has 1 amide bonds. The number of imidazole rings is 1. The minimum atomic E-state index is -0.254. The van der Waals surface area contributed by atoms with Crippen LogP contribution >= 0.6 is 0 Å². The van der Waals surface area contributed by atoms with Gasteiger partial charge in [0.15, 0.2) is 0 Å². The maximum absolute atomic E-state index is 12.1. The molecular formula is C11H16N6O. The molecule has 0 aliphatic rings. The molecule has 0 spiro atoms. The average molecular weight is 248 g/mol.